The van der Waals surface area contributed by atoms with E-state index in [1.807, 2.05) is 48.7 Å². The average Bonchev–Trinajstić information content (AvgIpc) is 2.30. The van der Waals surface area contributed by atoms with Crippen LogP contribution >= 0.6 is 0 Å². The van der Waals surface area contributed by atoms with Gasteiger partial charge < -0.3 is 5.11 Å². The minimum absolute atomic E-state index is 0.508. The van der Waals surface area contributed by atoms with Gasteiger partial charge in [-0.1, -0.05) is 30.3 Å². The van der Waals surface area contributed by atoms with Crippen molar-refractivity contribution in [3.8, 4) is 5.75 Å². The molecule has 0 heterocycles. The first-order valence-electron chi connectivity index (χ1n) is 4.75. The first-order chi connectivity index (χ1) is 7.34. The van der Waals surface area contributed by atoms with Crippen molar-refractivity contribution >= 4 is 11.9 Å². The van der Waals surface area contributed by atoms with Gasteiger partial charge in [0.2, 0.25) is 0 Å². The predicted octanol–water partition coefficient (Wildman–Crippen LogP) is 2.88. The Morgan fingerprint density at radius 1 is 0.867 bits per heavy atom. The summed E-state index contributed by atoms with van der Waals surface area (Å²) in [6.45, 7) is 0. The van der Waals surface area contributed by atoms with E-state index in [0.717, 1.165) is 11.3 Å². The van der Waals surface area contributed by atoms with E-state index in [1.54, 1.807) is 12.1 Å². The molecule has 2 N–H and O–H groups in total. The molecule has 0 aliphatic heterocycles. The summed E-state index contributed by atoms with van der Waals surface area (Å²) >= 11 is 0. The van der Waals surface area contributed by atoms with Gasteiger partial charge in [-0.3, -0.25) is 4.99 Å². The smallest absolute Gasteiger partial charge is 0.253 e. The summed E-state index contributed by atoms with van der Waals surface area (Å²) in [5.74, 6) is 0.508. The van der Waals surface area contributed by atoms with E-state index in [0.29, 0.717) is 5.75 Å². The van der Waals surface area contributed by atoms with Crippen molar-refractivity contribution < 1.29 is 5.11 Å². The van der Waals surface area contributed by atoms with Gasteiger partial charge in [-0.2, -0.15) is 0 Å². The third-order valence-electron chi connectivity index (χ3n) is 2.03. The van der Waals surface area contributed by atoms with Crippen molar-refractivity contribution in [2.75, 3.05) is 0 Å². The van der Waals surface area contributed by atoms with E-state index in [9.17, 15) is 0 Å². The van der Waals surface area contributed by atoms with Crippen molar-refractivity contribution in [1.82, 2.24) is 0 Å². The summed E-state index contributed by atoms with van der Waals surface area (Å²) in [5, 5.41) is 7.34. The molecule has 0 aliphatic carbocycles. The maximum Gasteiger partial charge on any atom is 0.253 e. The molecule has 0 radical (unpaired) electrons. The second-order valence-electron chi connectivity index (χ2n) is 3.22. The number of benzene rings is 2. The fourth-order valence-corrected chi connectivity index (χ4v) is 1.24. The van der Waals surface area contributed by atoms with Gasteiger partial charge in [0, 0.05) is 18.3 Å². The highest BCUT2D eigenvalue weighted by molar-refractivity contribution is 5.81. The summed E-state index contributed by atoms with van der Waals surface area (Å²) in [6, 6.07) is 17.1. The molecular weight excluding hydrogens is 186 g/mol. The van der Waals surface area contributed by atoms with Crippen LogP contribution in [0.15, 0.2) is 59.6 Å². The van der Waals surface area contributed by atoms with Crippen molar-refractivity contribution in [2.45, 2.75) is 0 Å². The van der Waals surface area contributed by atoms with E-state index in [4.69, 9.17) is 5.11 Å². The van der Waals surface area contributed by atoms with Crippen LogP contribution in [-0.4, -0.2) is 11.3 Å². The molecule has 2 heteroatoms. The maximum atomic E-state index is 7.34. The highest BCUT2D eigenvalue weighted by atomic mass is 16.3. The van der Waals surface area contributed by atoms with Crippen molar-refractivity contribution in [2.24, 2.45) is 4.99 Å². The third-order valence-corrected chi connectivity index (χ3v) is 2.03. The van der Waals surface area contributed by atoms with Crippen LogP contribution in [0.1, 0.15) is 5.56 Å². The standard InChI is InChI=1S/C13H11NO/c15-13-8-6-12(7-9-13)14-10-11-4-2-1-3-5-11/h1-10,15H/p+1. The molecule has 0 saturated heterocycles. The number of rotatable bonds is 2. The molecule has 0 atom stereocenters. The summed E-state index contributed by atoms with van der Waals surface area (Å²) in [4.78, 5) is 4.31. The molecule has 2 rings (SSSR count). The van der Waals surface area contributed by atoms with E-state index in [1.165, 1.54) is 0 Å². The Morgan fingerprint density at radius 3 is 2.20 bits per heavy atom. The second-order valence-corrected chi connectivity index (χ2v) is 3.22. The zero-order valence-electron chi connectivity index (χ0n) is 8.22. The van der Waals surface area contributed by atoms with Crippen LogP contribution in [0.2, 0.25) is 0 Å². The molecule has 0 aliphatic rings. The van der Waals surface area contributed by atoms with E-state index in [2.05, 4.69) is 4.99 Å². The van der Waals surface area contributed by atoms with Crippen LogP contribution in [0.3, 0.4) is 0 Å². The topological polar surface area (TPSA) is 35.3 Å². The first-order valence-corrected chi connectivity index (χ1v) is 4.75. The number of nitrogens with zero attached hydrogens (tertiary/aromatic N) is 1. The van der Waals surface area contributed by atoms with Crippen molar-refractivity contribution in [1.29, 1.82) is 0 Å². The Hall–Kier alpha value is -2.09. The van der Waals surface area contributed by atoms with Crippen LogP contribution in [0.25, 0.3) is 0 Å². The molecule has 15 heavy (non-hydrogen) atoms. The van der Waals surface area contributed by atoms with Crippen LogP contribution in [0, 0.1) is 0 Å². The van der Waals surface area contributed by atoms with E-state index < -0.39 is 0 Å². The first kappa shape index (κ1) is 9.46. The molecular formula is C13H12NO+. The SMILES string of the molecule is [OH2+]c1ccc(N=Cc2ccccc2)cc1. The van der Waals surface area contributed by atoms with Gasteiger partial charge in [0.05, 0.1) is 5.69 Å². The largest absolute Gasteiger partial charge is 0.593 e. The summed E-state index contributed by atoms with van der Waals surface area (Å²) in [7, 11) is 0. The molecule has 0 spiro atoms. The second kappa shape index (κ2) is 4.42. The molecule has 0 bridgehead atoms. The lowest BCUT2D eigenvalue weighted by atomic mass is 10.2. The summed E-state index contributed by atoms with van der Waals surface area (Å²) in [5.41, 5.74) is 1.95. The van der Waals surface area contributed by atoms with Gasteiger partial charge in [0.25, 0.3) is 5.75 Å². The quantitative estimate of drug-likeness (QED) is 0.525. The monoisotopic (exact) mass is 198 g/mol. The fraction of sp³-hybridized carbons (Fsp3) is 0. The van der Waals surface area contributed by atoms with Crippen LogP contribution in [0.5, 0.6) is 5.75 Å². The highest BCUT2D eigenvalue weighted by Crippen LogP contribution is 2.16. The van der Waals surface area contributed by atoms with Crippen LogP contribution in [-0.2, 0) is 0 Å². The highest BCUT2D eigenvalue weighted by Gasteiger charge is 1.91. The molecule has 2 nitrogen and oxygen atoms in total. The summed E-state index contributed by atoms with van der Waals surface area (Å²) < 4.78 is 0. The van der Waals surface area contributed by atoms with Gasteiger partial charge in [0.15, 0.2) is 0 Å². The lowest BCUT2D eigenvalue weighted by molar-refractivity contribution is 0.475. The Morgan fingerprint density at radius 2 is 1.53 bits per heavy atom. The third kappa shape index (κ3) is 2.68. The molecule has 0 saturated carbocycles. The van der Waals surface area contributed by atoms with E-state index in [-0.39, 0.29) is 0 Å². The predicted molar refractivity (Wildman–Crippen MR) is 63.2 cm³/mol. The number of hydrogen-bond donors (Lipinski definition) is 0. The van der Waals surface area contributed by atoms with Gasteiger partial charge >= 0.3 is 0 Å². The Balaban J connectivity index is 2.15. The lowest BCUT2D eigenvalue weighted by Gasteiger charge is -1.93. The Labute approximate surface area is 88.5 Å². The maximum absolute atomic E-state index is 7.34. The molecule has 0 amide bonds. The number of aliphatic imine (C=N–C) groups is 1. The van der Waals surface area contributed by atoms with E-state index >= 15 is 0 Å². The Kier molecular flexibility index (Phi) is 2.79. The van der Waals surface area contributed by atoms with Crippen LogP contribution < -0.4 is 0 Å². The minimum Gasteiger partial charge on any atom is -0.593 e. The van der Waals surface area contributed by atoms with Gasteiger partial charge in [-0.25, -0.2) is 0 Å². The average molecular weight is 198 g/mol. The summed E-state index contributed by atoms with van der Waals surface area (Å²) in [6.07, 6.45) is 1.82. The molecule has 0 fully saturated rings. The fourth-order valence-electron chi connectivity index (χ4n) is 1.24. The number of hydrogen-bond acceptors (Lipinski definition) is 1. The molecule has 2 aromatic carbocycles. The van der Waals surface area contributed by atoms with Gasteiger partial charge in [-0.05, 0) is 17.7 Å². The van der Waals surface area contributed by atoms with Crippen molar-refractivity contribution in [3.63, 3.8) is 0 Å². The molecule has 74 valence electrons. The van der Waals surface area contributed by atoms with Crippen LogP contribution in [0.4, 0.5) is 5.69 Å². The normalized spacial score (nSPS) is 10.7. The lowest BCUT2D eigenvalue weighted by Crippen LogP contribution is -1.77. The molecule has 0 unspecified atom stereocenters. The minimum atomic E-state index is 0.508. The van der Waals surface area contributed by atoms with Gasteiger partial charge in [-0.15, -0.1) is 0 Å². The molecule has 2 aromatic rings. The van der Waals surface area contributed by atoms with Gasteiger partial charge in [0.1, 0.15) is 0 Å². The van der Waals surface area contributed by atoms with Crippen molar-refractivity contribution in [3.05, 3.63) is 60.2 Å². The molecule has 0 aromatic heterocycles. The zero-order valence-corrected chi connectivity index (χ0v) is 8.22. The Bertz CT molecular complexity index is 446. The zero-order chi connectivity index (χ0) is 10.5.